The Morgan fingerprint density at radius 2 is 1.33 bits per heavy atom. The van der Waals surface area contributed by atoms with E-state index in [1.54, 1.807) is 7.11 Å². The van der Waals surface area contributed by atoms with Crippen LogP contribution in [0.5, 0.6) is 17.2 Å². The van der Waals surface area contributed by atoms with Gasteiger partial charge in [0.15, 0.2) is 0 Å². The Morgan fingerprint density at radius 1 is 0.833 bits per heavy atom. The Hall–Kier alpha value is -2.00. The molecule has 2 rings (SSSR count). The number of nitrogens with one attached hydrogen (secondary N) is 1. The van der Waals surface area contributed by atoms with Crippen molar-refractivity contribution in [3.05, 3.63) is 54.1 Å². The first-order valence-corrected chi connectivity index (χ1v) is 5.87. The molecule has 1 N–H and O–H groups in total. The van der Waals surface area contributed by atoms with Gasteiger partial charge in [0.1, 0.15) is 17.2 Å². The summed E-state index contributed by atoms with van der Waals surface area (Å²) in [5, 5.41) is 3.11. The van der Waals surface area contributed by atoms with E-state index in [-0.39, 0.29) is 0 Å². The molecule has 0 aromatic heterocycles. The summed E-state index contributed by atoms with van der Waals surface area (Å²) in [7, 11) is 3.58. The molecule has 2 aromatic rings. The average Bonchev–Trinajstić information content (AvgIpc) is 2.42. The highest BCUT2D eigenvalue weighted by atomic mass is 16.5. The normalized spacial score (nSPS) is 10.1. The van der Waals surface area contributed by atoms with Crippen LogP contribution >= 0.6 is 0 Å². The molecule has 0 atom stereocenters. The lowest BCUT2D eigenvalue weighted by molar-refractivity contribution is 0.413. The molecule has 3 nitrogen and oxygen atoms in total. The van der Waals surface area contributed by atoms with Crippen molar-refractivity contribution in [2.24, 2.45) is 0 Å². The molecule has 0 aliphatic rings. The third-order valence-corrected chi connectivity index (χ3v) is 2.60. The Bertz CT molecular complexity index is 477. The predicted octanol–water partition coefficient (Wildman–Crippen LogP) is 3.21. The number of rotatable bonds is 5. The van der Waals surface area contributed by atoms with Crippen molar-refractivity contribution in [1.82, 2.24) is 5.32 Å². The van der Waals surface area contributed by atoms with Gasteiger partial charge in [0.05, 0.1) is 7.11 Å². The molecule has 0 aliphatic heterocycles. The number of benzene rings is 2. The van der Waals surface area contributed by atoms with Crippen LogP contribution in [0, 0.1) is 0 Å². The average molecular weight is 243 g/mol. The summed E-state index contributed by atoms with van der Waals surface area (Å²) in [5.41, 5.74) is 1.24. The zero-order chi connectivity index (χ0) is 12.8. The Labute approximate surface area is 107 Å². The second kappa shape index (κ2) is 6.07. The number of methoxy groups -OCH3 is 1. The number of ether oxygens (including phenoxy) is 2. The molecule has 3 heteroatoms. The van der Waals surface area contributed by atoms with Crippen molar-refractivity contribution >= 4 is 0 Å². The standard InChI is InChI=1S/C15H17NO2/c1-16-11-12-3-5-14(6-4-12)18-15-9-7-13(17-2)8-10-15/h3-10,16H,11H2,1-2H3. The van der Waals surface area contributed by atoms with Crippen LogP contribution in [0.15, 0.2) is 48.5 Å². The van der Waals surface area contributed by atoms with E-state index in [1.165, 1.54) is 5.56 Å². The second-order valence-electron chi connectivity index (χ2n) is 3.95. The molecule has 0 unspecified atom stereocenters. The minimum atomic E-state index is 0.803. The molecular weight excluding hydrogens is 226 g/mol. The lowest BCUT2D eigenvalue weighted by atomic mass is 10.2. The molecule has 0 heterocycles. The quantitative estimate of drug-likeness (QED) is 0.874. The molecule has 0 amide bonds. The second-order valence-corrected chi connectivity index (χ2v) is 3.95. The SMILES string of the molecule is CNCc1ccc(Oc2ccc(OC)cc2)cc1. The van der Waals surface area contributed by atoms with Gasteiger partial charge in [-0.15, -0.1) is 0 Å². The molecule has 94 valence electrons. The highest BCUT2D eigenvalue weighted by Crippen LogP contribution is 2.23. The highest BCUT2D eigenvalue weighted by molar-refractivity contribution is 5.36. The van der Waals surface area contributed by atoms with Gasteiger partial charge in [-0.25, -0.2) is 0 Å². The van der Waals surface area contributed by atoms with Gasteiger partial charge in [0.25, 0.3) is 0 Å². The van der Waals surface area contributed by atoms with E-state index in [1.807, 2.05) is 43.4 Å². The molecule has 2 aromatic carbocycles. The molecule has 0 saturated heterocycles. The van der Waals surface area contributed by atoms with Crippen molar-refractivity contribution < 1.29 is 9.47 Å². The van der Waals surface area contributed by atoms with Crippen LogP contribution in [0.3, 0.4) is 0 Å². The molecule has 0 bridgehead atoms. The van der Waals surface area contributed by atoms with Crippen LogP contribution in [0.4, 0.5) is 0 Å². The van der Waals surface area contributed by atoms with Crippen LogP contribution in [-0.4, -0.2) is 14.2 Å². The Kier molecular flexibility index (Phi) is 4.20. The van der Waals surface area contributed by atoms with Crippen LogP contribution < -0.4 is 14.8 Å². The van der Waals surface area contributed by atoms with Crippen molar-refractivity contribution in [1.29, 1.82) is 0 Å². The van der Waals surface area contributed by atoms with Crippen molar-refractivity contribution in [2.75, 3.05) is 14.2 Å². The van der Waals surface area contributed by atoms with Gasteiger partial charge in [-0.05, 0) is 49.0 Å². The lowest BCUT2D eigenvalue weighted by Crippen LogP contribution is -2.04. The summed E-state index contributed by atoms with van der Waals surface area (Å²) in [5.74, 6) is 2.46. The van der Waals surface area contributed by atoms with Crippen LogP contribution in [-0.2, 0) is 6.54 Å². The maximum Gasteiger partial charge on any atom is 0.127 e. The fourth-order valence-corrected chi connectivity index (χ4v) is 1.66. The van der Waals surface area contributed by atoms with Crippen LogP contribution in [0.25, 0.3) is 0 Å². The first kappa shape index (κ1) is 12.5. The summed E-state index contributed by atoms with van der Waals surface area (Å²) in [6.07, 6.45) is 0. The summed E-state index contributed by atoms with van der Waals surface area (Å²) in [6, 6.07) is 15.6. The summed E-state index contributed by atoms with van der Waals surface area (Å²) < 4.78 is 10.8. The van der Waals surface area contributed by atoms with Gasteiger partial charge in [-0.2, -0.15) is 0 Å². The van der Waals surface area contributed by atoms with E-state index >= 15 is 0 Å². The van der Waals surface area contributed by atoms with Gasteiger partial charge < -0.3 is 14.8 Å². The van der Waals surface area contributed by atoms with Gasteiger partial charge in [-0.3, -0.25) is 0 Å². The smallest absolute Gasteiger partial charge is 0.127 e. The van der Waals surface area contributed by atoms with E-state index in [0.29, 0.717) is 0 Å². The monoisotopic (exact) mass is 243 g/mol. The number of hydrogen-bond acceptors (Lipinski definition) is 3. The van der Waals surface area contributed by atoms with E-state index < -0.39 is 0 Å². The first-order chi connectivity index (χ1) is 8.81. The van der Waals surface area contributed by atoms with Crippen LogP contribution in [0.2, 0.25) is 0 Å². The summed E-state index contributed by atoms with van der Waals surface area (Å²) >= 11 is 0. The molecular formula is C15H17NO2. The molecule has 0 aliphatic carbocycles. The first-order valence-electron chi connectivity index (χ1n) is 5.87. The Balaban J connectivity index is 2.03. The predicted molar refractivity (Wildman–Crippen MR) is 72.3 cm³/mol. The maximum absolute atomic E-state index is 5.74. The highest BCUT2D eigenvalue weighted by Gasteiger charge is 1.98. The van der Waals surface area contributed by atoms with E-state index in [2.05, 4.69) is 17.4 Å². The minimum Gasteiger partial charge on any atom is -0.497 e. The molecule has 0 spiro atoms. The maximum atomic E-state index is 5.74. The van der Waals surface area contributed by atoms with Gasteiger partial charge >= 0.3 is 0 Å². The molecule has 18 heavy (non-hydrogen) atoms. The van der Waals surface area contributed by atoms with Gasteiger partial charge in [0.2, 0.25) is 0 Å². The van der Waals surface area contributed by atoms with Gasteiger partial charge in [-0.1, -0.05) is 12.1 Å². The van der Waals surface area contributed by atoms with Crippen molar-refractivity contribution in [2.45, 2.75) is 6.54 Å². The summed E-state index contributed by atoms with van der Waals surface area (Å²) in [6.45, 7) is 0.864. The van der Waals surface area contributed by atoms with E-state index in [9.17, 15) is 0 Å². The Morgan fingerprint density at radius 3 is 1.83 bits per heavy atom. The largest absolute Gasteiger partial charge is 0.497 e. The zero-order valence-electron chi connectivity index (χ0n) is 10.6. The molecule has 0 saturated carbocycles. The third kappa shape index (κ3) is 3.25. The molecule has 0 fully saturated rings. The number of hydrogen-bond donors (Lipinski definition) is 1. The van der Waals surface area contributed by atoms with Crippen molar-refractivity contribution in [3.63, 3.8) is 0 Å². The third-order valence-electron chi connectivity index (χ3n) is 2.60. The zero-order valence-corrected chi connectivity index (χ0v) is 10.6. The topological polar surface area (TPSA) is 30.5 Å². The molecule has 0 radical (unpaired) electrons. The lowest BCUT2D eigenvalue weighted by Gasteiger charge is -2.07. The van der Waals surface area contributed by atoms with E-state index in [0.717, 1.165) is 23.8 Å². The minimum absolute atomic E-state index is 0.803. The van der Waals surface area contributed by atoms with Crippen LogP contribution in [0.1, 0.15) is 5.56 Å². The fourth-order valence-electron chi connectivity index (χ4n) is 1.66. The fraction of sp³-hybridized carbons (Fsp3) is 0.200. The van der Waals surface area contributed by atoms with Gasteiger partial charge in [0, 0.05) is 6.54 Å². The van der Waals surface area contributed by atoms with Crippen molar-refractivity contribution in [3.8, 4) is 17.2 Å². The van der Waals surface area contributed by atoms with E-state index in [4.69, 9.17) is 9.47 Å². The summed E-state index contributed by atoms with van der Waals surface area (Å²) in [4.78, 5) is 0.